The van der Waals surface area contributed by atoms with Gasteiger partial charge in [-0.05, 0) is 61.0 Å². The van der Waals surface area contributed by atoms with Crippen molar-refractivity contribution in [3.05, 3.63) is 54.1 Å². The summed E-state index contributed by atoms with van der Waals surface area (Å²) >= 11 is 0. The smallest absolute Gasteiger partial charge is 0.159 e. The highest BCUT2D eigenvalue weighted by atomic mass is 16.5. The Morgan fingerprint density at radius 2 is 1.84 bits per heavy atom. The minimum absolute atomic E-state index is 0.0209. The van der Waals surface area contributed by atoms with Gasteiger partial charge in [0.2, 0.25) is 0 Å². The summed E-state index contributed by atoms with van der Waals surface area (Å²) in [4.78, 5) is 14.9. The quantitative estimate of drug-likeness (QED) is 0.487. The molecule has 0 aliphatic rings. The summed E-state index contributed by atoms with van der Waals surface area (Å²) in [5, 5.41) is 9.65. The molecule has 0 fully saturated rings. The number of Topliss-reactive ketones (excluding diaryl/α,β-unsaturated/α-hetero) is 1. The van der Waals surface area contributed by atoms with E-state index in [-0.39, 0.29) is 12.4 Å². The lowest BCUT2D eigenvalue weighted by atomic mass is 10.1. The highest BCUT2D eigenvalue weighted by Gasteiger charge is 2.06. The second-order valence-corrected chi connectivity index (χ2v) is 5.75. The zero-order valence-corrected chi connectivity index (χ0v) is 14.1. The number of hydrogen-bond acceptors (Lipinski definition) is 4. The maximum atomic E-state index is 11.5. The van der Waals surface area contributed by atoms with E-state index in [0.717, 1.165) is 27.9 Å². The normalized spacial score (nSPS) is 11.0. The first-order valence-corrected chi connectivity index (χ1v) is 8.23. The Kier molecular flexibility index (Phi) is 5.48. The lowest BCUT2D eigenvalue weighted by molar-refractivity contribution is 0.0705. The Morgan fingerprint density at radius 1 is 1.04 bits per heavy atom. The molecule has 1 aromatic heterocycles. The summed E-state index contributed by atoms with van der Waals surface area (Å²) in [6, 6.07) is 15.5. The molecule has 0 amide bonds. The predicted molar refractivity (Wildman–Crippen MR) is 97.1 cm³/mol. The summed E-state index contributed by atoms with van der Waals surface area (Å²) in [5.41, 5.74) is 3.75. The van der Waals surface area contributed by atoms with Crippen molar-refractivity contribution < 1.29 is 19.4 Å². The van der Waals surface area contributed by atoms with Crippen molar-refractivity contribution >= 4 is 16.7 Å². The van der Waals surface area contributed by atoms with Gasteiger partial charge in [0.15, 0.2) is 5.78 Å². The molecular formula is C20H21NO4. The second kappa shape index (κ2) is 7.96. The molecule has 0 bridgehead atoms. The number of carbonyl (C=O) groups excluding carboxylic acids is 1. The van der Waals surface area contributed by atoms with Gasteiger partial charge in [0.25, 0.3) is 0 Å². The fourth-order valence-corrected chi connectivity index (χ4v) is 2.62. The van der Waals surface area contributed by atoms with Gasteiger partial charge >= 0.3 is 0 Å². The van der Waals surface area contributed by atoms with E-state index < -0.39 is 0 Å². The van der Waals surface area contributed by atoms with E-state index in [9.17, 15) is 4.79 Å². The molecule has 0 aliphatic carbocycles. The Labute approximate surface area is 146 Å². The summed E-state index contributed by atoms with van der Waals surface area (Å²) in [7, 11) is 0. The Bertz CT molecular complexity index is 852. The van der Waals surface area contributed by atoms with Gasteiger partial charge < -0.3 is 19.6 Å². The number of rotatable bonds is 8. The lowest BCUT2D eigenvalue weighted by Crippen LogP contribution is -2.08. The third-order valence-electron chi connectivity index (χ3n) is 3.92. The number of hydrogen-bond donors (Lipinski definition) is 2. The fraction of sp³-hybridized carbons (Fsp3) is 0.250. The molecule has 130 valence electrons. The highest BCUT2D eigenvalue weighted by Crippen LogP contribution is 2.26. The van der Waals surface area contributed by atoms with E-state index in [4.69, 9.17) is 14.6 Å². The van der Waals surface area contributed by atoms with Gasteiger partial charge in [-0.2, -0.15) is 0 Å². The number of aromatic nitrogens is 1. The summed E-state index contributed by atoms with van der Waals surface area (Å²) in [6.07, 6.45) is 0. The maximum absolute atomic E-state index is 11.5. The minimum atomic E-state index is 0.0209. The maximum Gasteiger partial charge on any atom is 0.159 e. The van der Waals surface area contributed by atoms with Crippen LogP contribution in [0.2, 0.25) is 0 Å². The van der Waals surface area contributed by atoms with Gasteiger partial charge in [0.1, 0.15) is 12.4 Å². The van der Waals surface area contributed by atoms with Crippen LogP contribution in [0, 0.1) is 0 Å². The number of aliphatic hydroxyl groups excluding tert-OH is 1. The predicted octanol–water partition coefficient (Wildman–Crippen LogP) is 3.43. The molecule has 0 saturated heterocycles. The number of nitrogens with one attached hydrogen (secondary N) is 1. The van der Waals surface area contributed by atoms with Gasteiger partial charge in [-0.3, -0.25) is 4.79 Å². The highest BCUT2D eigenvalue weighted by molar-refractivity contribution is 5.98. The molecule has 1 heterocycles. The van der Waals surface area contributed by atoms with Crippen LogP contribution in [0.5, 0.6) is 5.75 Å². The van der Waals surface area contributed by atoms with Crippen LogP contribution < -0.4 is 4.74 Å². The molecule has 0 spiro atoms. The number of aliphatic hydroxyl groups is 1. The summed E-state index contributed by atoms with van der Waals surface area (Å²) in [5.74, 6) is 0.834. The number of aromatic amines is 1. The van der Waals surface area contributed by atoms with E-state index in [0.29, 0.717) is 25.4 Å². The van der Waals surface area contributed by atoms with E-state index in [1.165, 1.54) is 0 Å². The minimum Gasteiger partial charge on any atom is -0.491 e. The molecule has 3 aromatic rings. The largest absolute Gasteiger partial charge is 0.491 e. The second-order valence-electron chi connectivity index (χ2n) is 5.75. The van der Waals surface area contributed by atoms with Crippen LogP contribution in [0.25, 0.3) is 22.2 Å². The Morgan fingerprint density at radius 3 is 2.56 bits per heavy atom. The first-order chi connectivity index (χ1) is 12.2. The molecular weight excluding hydrogens is 318 g/mol. The van der Waals surface area contributed by atoms with E-state index >= 15 is 0 Å². The number of ketones is 1. The zero-order valence-electron chi connectivity index (χ0n) is 14.1. The molecule has 3 rings (SSSR count). The monoisotopic (exact) mass is 339 g/mol. The van der Waals surface area contributed by atoms with Gasteiger partial charge in [0.05, 0.1) is 19.8 Å². The van der Waals surface area contributed by atoms with Gasteiger partial charge in [-0.15, -0.1) is 0 Å². The molecule has 2 aromatic carbocycles. The molecule has 0 atom stereocenters. The number of H-pyrrole nitrogens is 1. The lowest BCUT2D eigenvalue weighted by Gasteiger charge is -2.07. The molecule has 2 N–H and O–H groups in total. The number of benzene rings is 2. The van der Waals surface area contributed by atoms with Gasteiger partial charge in [0, 0.05) is 22.2 Å². The van der Waals surface area contributed by atoms with Crippen molar-refractivity contribution in [1.82, 2.24) is 4.98 Å². The average Bonchev–Trinajstić information content (AvgIpc) is 3.05. The number of carbonyl (C=O) groups is 1. The van der Waals surface area contributed by atoms with Crippen molar-refractivity contribution in [3.63, 3.8) is 0 Å². The Hall–Kier alpha value is -2.63. The molecule has 0 unspecified atom stereocenters. The van der Waals surface area contributed by atoms with Crippen molar-refractivity contribution in [3.8, 4) is 17.0 Å². The van der Waals surface area contributed by atoms with Crippen molar-refractivity contribution in [2.45, 2.75) is 6.92 Å². The first-order valence-electron chi connectivity index (χ1n) is 8.23. The average molecular weight is 339 g/mol. The number of ether oxygens (including phenoxy) is 2. The van der Waals surface area contributed by atoms with Crippen LogP contribution in [-0.4, -0.2) is 42.3 Å². The SMILES string of the molecule is CC(=O)c1ccc2[nH]c(-c3ccc(OCCOCCO)cc3)cc2c1. The fourth-order valence-electron chi connectivity index (χ4n) is 2.62. The van der Waals surface area contributed by atoms with Crippen LogP contribution >= 0.6 is 0 Å². The Balaban J connectivity index is 1.69. The number of fused-ring (bicyclic) bond motifs is 1. The molecule has 0 radical (unpaired) electrons. The molecule has 0 saturated carbocycles. The van der Waals surface area contributed by atoms with Crippen molar-refractivity contribution in [2.75, 3.05) is 26.4 Å². The topological polar surface area (TPSA) is 71.6 Å². The van der Waals surface area contributed by atoms with E-state index in [1.807, 2.05) is 48.5 Å². The van der Waals surface area contributed by atoms with E-state index in [2.05, 4.69) is 4.98 Å². The van der Waals surface area contributed by atoms with Crippen LogP contribution in [0.3, 0.4) is 0 Å². The van der Waals surface area contributed by atoms with Gasteiger partial charge in [-0.25, -0.2) is 0 Å². The van der Waals surface area contributed by atoms with Gasteiger partial charge in [-0.1, -0.05) is 0 Å². The molecule has 5 nitrogen and oxygen atoms in total. The third-order valence-corrected chi connectivity index (χ3v) is 3.92. The molecule has 25 heavy (non-hydrogen) atoms. The van der Waals surface area contributed by atoms with Crippen LogP contribution in [0.1, 0.15) is 17.3 Å². The summed E-state index contributed by atoms with van der Waals surface area (Å²) < 4.78 is 10.7. The third kappa shape index (κ3) is 4.26. The molecule has 5 heteroatoms. The standard InChI is InChI=1S/C20H21NO4/c1-14(23)16-4-7-19-17(12-16)13-20(21-19)15-2-5-18(6-3-15)25-11-10-24-9-8-22/h2-7,12-13,21-22H,8-11H2,1H3. The van der Waals surface area contributed by atoms with Crippen LogP contribution in [0.4, 0.5) is 0 Å². The van der Waals surface area contributed by atoms with Crippen LogP contribution in [-0.2, 0) is 4.74 Å². The van der Waals surface area contributed by atoms with Crippen molar-refractivity contribution in [1.29, 1.82) is 0 Å². The van der Waals surface area contributed by atoms with E-state index in [1.54, 1.807) is 6.92 Å². The van der Waals surface area contributed by atoms with Crippen molar-refractivity contribution in [2.24, 2.45) is 0 Å². The summed E-state index contributed by atoms with van der Waals surface area (Å²) in [6.45, 7) is 2.81. The first kappa shape index (κ1) is 17.2. The zero-order chi connectivity index (χ0) is 17.6. The van der Waals surface area contributed by atoms with Crippen LogP contribution in [0.15, 0.2) is 48.5 Å². The molecule has 0 aliphatic heterocycles.